The summed E-state index contributed by atoms with van der Waals surface area (Å²) in [6.45, 7) is 9.86. The zero-order valence-corrected chi connectivity index (χ0v) is 15.5. The van der Waals surface area contributed by atoms with E-state index in [0.29, 0.717) is 24.3 Å². The third-order valence-electron chi connectivity index (χ3n) is 4.73. The normalized spacial score (nSPS) is 18.3. The molecule has 1 saturated heterocycles. The Kier molecular flexibility index (Phi) is 4.52. The molecule has 2 aromatic rings. The number of aromatic carboxylic acids is 1. The van der Waals surface area contributed by atoms with E-state index in [9.17, 15) is 19.1 Å². The Bertz CT molecular complexity index is 930. The Morgan fingerprint density at radius 1 is 1.35 bits per heavy atom. The monoisotopic (exact) mass is 361 g/mol. The second-order valence-corrected chi connectivity index (χ2v) is 7.84. The Labute approximate surface area is 151 Å². The molecule has 140 valence electrons. The Hall–Kier alpha value is -2.41. The van der Waals surface area contributed by atoms with Gasteiger partial charge < -0.3 is 19.9 Å². The third-order valence-corrected chi connectivity index (χ3v) is 4.73. The summed E-state index contributed by atoms with van der Waals surface area (Å²) >= 11 is 0. The first-order valence-electron chi connectivity index (χ1n) is 8.70. The highest BCUT2D eigenvalue weighted by atomic mass is 19.1. The molecule has 26 heavy (non-hydrogen) atoms. The van der Waals surface area contributed by atoms with Gasteiger partial charge >= 0.3 is 5.97 Å². The average molecular weight is 361 g/mol. The predicted molar refractivity (Wildman–Crippen MR) is 99.8 cm³/mol. The van der Waals surface area contributed by atoms with E-state index in [1.807, 2.05) is 32.6 Å². The molecular weight excluding hydrogens is 337 g/mol. The van der Waals surface area contributed by atoms with Gasteiger partial charge in [-0.15, -0.1) is 0 Å². The minimum atomic E-state index is -1.31. The molecule has 3 rings (SSSR count). The van der Waals surface area contributed by atoms with E-state index in [4.69, 9.17) is 0 Å². The lowest BCUT2D eigenvalue weighted by atomic mass is 10.0. The van der Waals surface area contributed by atoms with Gasteiger partial charge in [-0.1, -0.05) is 0 Å². The van der Waals surface area contributed by atoms with Crippen LogP contribution >= 0.6 is 0 Å². The van der Waals surface area contributed by atoms with Crippen LogP contribution in [0, 0.1) is 5.82 Å². The smallest absolute Gasteiger partial charge is 0.341 e. The number of piperazine rings is 1. The summed E-state index contributed by atoms with van der Waals surface area (Å²) in [6.07, 6.45) is 1.36. The SMILES string of the molecule is C[C@H]1CN(c2cc3c(cc2F)c(=O)c(C(=O)O)cn3C(C)(C)C)CCN1. The first-order valence-corrected chi connectivity index (χ1v) is 8.70. The number of hydrogen-bond donors (Lipinski definition) is 2. The number of carboxylic acids is 1. The summed E-state index contributed by atoms with van der Waals surface area (Å²) in [4.78, 5) is 26.0. The van der Waals surface area contributed by atoms with Gasteiger partial charge in [0, 0.05) is 42.8 Å². The molecule has 1 fully saturated rings. The van der Waals surface area contributed by atoms with Crippen molar-refractivity contribution in [2.45, 2.75) is 39.3 Å². The van der Waals surface area contributed by atoms with Crippen LogP contribution < -0.4 is 15.6 Å². The fraction of sp³-hybridized carbons (Fsp3) is 0.474. The molecular formula is C19H24FN3O3. The number of aromatic nitrogens is 1. The Morgan fingerprint density at radius 2 is 2.04 bits per heavy atom. The van der Waals surface area contributed by atoms with E-state index in [1.54, 1.807) is 10.6 Å². The number of benzene rings is 1. The van der Waals surface area contributed by atoms with E-state index in [1.165, 1.54) is 12.3 Å². The van der Waals surface area contributed by atoms with Crippen molar-refractivity contribution in [1.29, 1.82) is 0 Å². The lowest BCUT2D eigenvalue weighted by Gasteiger charge is -2.34. The first kappa shape index (κ1) is 18.4. The number of fused-ring (bicyclic) bond motifs is 1. The molecule has 0 spiro atoms. The molecule has 0 aliphatic carbocycles. The molecule has 0 bridgehead atoms. The molecule has 1 aliphatic rings. The van der Waals surface area contributed by atoms with Crippen LogP contribution in [0.5, 0.6) is 0 Å². The highest BCUT2D eigenvalue weighted by Crippen LogP contribution is 2.29. The van der Waals surface area contributed by atoms with Crippen LogP contribution in [-0.2, 0) is 5.54 Å². The third kappa shape index (κ3) is 3.19. The number of carbonyl (C=O) groups is 1. The van der Waals surface area contributed by atoms with Crippen molar-refractivity contribution in [2.75, 3.05) is 24.5 Å². The minimum absolute atomic E-state index is 0.0873. The van der Waals surface area contributed by atoms with E-state index < -0.39 is 22.8 Å². The lowest BCUT2D eigenvalue weighted by Crippen LogP contribution is -2.49. The summed E-state index contributed by atoms with van der Waals surface area (Å²) in [6, 6.07) is 3.08. The van der Waals surface area contributed by atoms with Crippen LogP contribution in [0.2, 0.25) is 0 Å². The summed E-state index contributed by atoms with van der Waals surface area (Å²) in [7, 11) is 0. The van der Waals surface area contributed by atoms with E-state index in [-0.39, 0.29) is 17.0 Å². The number of anilines is 1. The number of nitrogens with zero attached hydrogens (tertiary/aromatic N) is 2. The fourth-order valence-corrected chi connectivity index (χ4v) is 3.44. The molecule has 7 heteroatoms. The van der Waals surface area contributed by atoms with Crippen LogP contribution in [0.1, 0.15) is 38.1 Å². The fourth-order valence-electron chi connectivity index (χ4n) is 3.44. The van der Waals surface area contributed by atoms with Crippen molar-refractivity contribution in [3.63, 3.8) is 0 Å². The first-order chi connectivity index (χ1) is 12.1. The van der Waals surface area contributed by atoms with E-state index in [2.05, 4.69) is 5.32 Å². The van der Waals surface area contributed by atoms with Gasteiger partial charge in [-0.2, -0.15) is 0 Å². The van der Waals surface area contributed by atoms with E-state index in [0.717, 1.165) is 6.54 Å². The van der Waals surface area contributed by atoms with Gasteiger partial charge in [0.15, 0.2) is 0 Å². The van der Waals surface area contributed by atoms with Crippen molar-refractivity contribution in [2.24, 2.45) is 0 Å². The molecule has 1 aromatic heterocycles. The summed E-state index contributed by atoms with van der Waals surface area (Å²) in [5, 5.41) is 12.8. The number of rotatable bonds is 2. The molecule has 0 saturated carbocycles. The maximum atomic E-state index is 14.8. The lowest BCUT2D eigenvalue weighted by molar-refractivity contribution is 0.0694. The second-order valence-electron chi connectivity index (χ2n) is 7.84. The maximum Gasteiger partial charge on any atom is 0.341 e. The van der Waals surface area contributed by atoms with E-state index >= 15 is 0 Å². The standard InChI is InChI=1S/C19H24FN3O3/c1-11-9-22(6-5-21-11)16-8-15-12(7-14(16)20)17(24)13(18(25)26)10-23(15)19(2,3)4/h7-8,10-11,21H,5-6,9H2,1-4H3,(H,25,26)/t11-/m0/s1. The van der Waals surface area contributed by atoms with Gasteiger partial charge in [0.2, 0.25) is 5.43 Å². The molecule has 0 amide bonds. The molecule has 1 atom stereocenters. The molecule has 1 aliphatic heterocycles. The number of nitrogens with one attached hydrogen (secondary N) is 1. The molecule has 0 radical (unpaired) electrons. The van der Waals surface area contributed by atoms with Crippen molar-refractivity contribution in [3.05, 3.63) is 39.9 Å². The molecule has 0 unspecified atom stereocenters. The molecule has 2 N–H and O–H groups in total. The van der Waals surface area contributed by atoms with Gasteiger partial charge in [-0.3, -0.25) is 4.79 Å². The number of carboxylic acid groups (broad SMARTS) is 1. The molecule has 1 aromatic carbocycles. The van der Waals surface area contributed by atoms with Crippen LogP contribution in [-0.4, -0.2) is 41.3 Å². The molecule has 2 heterocycles. The molecule has 6 nitrogen and oxygen atoms in total. The van der Waals surface area contributed by atoms with Gasteiger partial charge in [-0.25, -0.2) is 9.18 Å². The van der Waals surface area contributed by atoms with Crippen LogP contribution in [0.4, 0.5) is 10.1 Å². The van der Waals surface area contributed by atoms with Gasteiger partial charge in [0.05, 0.1) is 11.2 Å². The van der Waals surface area contributed by atoms with Gasteiger partial charge in [-0.05, 0) is 39.8 Å². The van der Waals surface area contributed by atoms with Crippen LogP contribution in [0.3, 0.4) is 0 Å². The largest absolute Gasteiger partial charge is 0.477 e. The van der Waals surface area contributed by atoms with Crippen LogP contribution in [0.25, 0.3) is 10.9 Å². The Morgan fingerprint density at radius 3 is 2.62 bits per heavy atom. The summed E-state index contributed by atoms with van der Waals surface area (Å²) in [5.74, 6) is -1.82. The van der Waals surface area contributed by atoms with Crippen molar-refractivity contribution in [3.8, 4) is 0 Å². The van der Waals surface area contributed by atoms with Crippen molar-refractivity contribution < 1.29 is 14.3 Å². The summed E-state index contributed by atoms with van der Waals surface area (Å²) < 4.78 is 16.6. The van der Waals surface area contributed by atoms with Crippen LogP contribution in [0.15, 0.2) is 23.1 Å². The zero-order valence-electron chi connectivity index (χ0n) is 15.5. The maximum absolute atomic E-state index is 14.8. The number of halogens is 1. The van der Waals surface area contributed by atoms with Gasteiger partial charge in [0.25, 0.3) is 0 Å². The Balaban J connectivity index is 2.30. The minimum Gasteiger partial charge on any atom is -0.477 e. The number of hydrogen-bond acceptors (Lipinski definition) is 4. The van der Waals surface area contributed by atoms with Gasteiger partial charge in [0.1, 0.15) is 11.4 Å². The predicted octanol–water partition coefficient (Wildman–Crippen LogP) is 2.39. The second kappa shape index (κ2) is 6.39. The topological polar surface area (TPSA) is 74.6 Å². The highest BCUT2D eigenvalue weighted by molar-refractivity contribution is 5.93. The average Bonchev–Trinajstić information content (AvgIpc) is 2.53. The quantitative estimate of drug-likeness (QED) is 0.859. The van der Waals surface area contributed by atoms with Crippen molar-refractivity contribution in [1.82, 2.24) is 9.88 Å². The zero-order chi connectivity index (χ0) is 19.2. The summed E-state index contributed by atoms with van der Waals surface area (Å²) in [5.41, 5.74) is -0.508. The van der Waals surface area contributed by atoms with Crippen molar-refractivity contribution >= 4 is 22.6 Å². The highest BCUT2D eigenvalue weighted by Gasteiger charge is 2.25. The number of pyridine rings is 1.